The van der Waals surface area contributed by atoms with Crippen molar-refractivity contribution in [2.75, 3.05) is 17.5 Å². The highest BCUT2D eigenvalue weighted by molar-refractivity contribution is 8.01. The number of fused-ring (bicyclic) bond motifs is 1. The molecule has 0 saturated heterocycles. The zero-order chi connectivity index (χ0) is 43.7. The van der Waals surface area contributed by atoms with Gasteiger partial charge in [-0.1, -0.05) is 30.2 Å². The molecule has 2 aliphatic carbocycles. The molecular formula is C41H40ClF8N7OS2. The molecule has 2 fully saturated rings. The molecule has 0 bridgehead atoms. The van der Waals surface area contributed by atoms with E-state index in [1.54, 1.807) is 24.3 Å². The van der Waals surface area contributed by atoms with Crippen LogP contribution in [0.5, 0.6) is 0 Å². The lowest BCUT2D eigenvalue weighted by Gasteiger charge is -2.24. The van der Waals surface area contributed by atoms with E-state index in [0.717, 1.165) is 29.7 Å². The molecule has 2 aromatic heterocycles. The minimum Gasteiger partial charge on any atom is -0.346 e. The van der Waals surface area contributed by atoms with Crippen LogP contribution in [0.1, 0.15) is 56.1 Å². The Labute approximate surface area is 354 Å². The Hall–Kier alpha value is -4.31. The number of rotatable bonds is 18. The van der Waals surface area contributed by atoms with Gasteiger partial charge in [0.1, 0.15) is 29.6 Å². The number of hydrogen-bond donors (Lipinski definition) is 4. The van der Waals surface area contributed by atoms with Gasteiger partial charge in [0.15, 0.2) is 5.82 Å². The third-order valence-corrected chi connectivity index (χ3v) is 12.6. The molecule has 320 valence electrons. The summed E-state index contributed by atoms with van der Waals surface area (Å²) in [7, 11) is 0. The Morgan fingerprint density at radius 3 is 2.40 bits per heavy atom. The Morgan fingerprint density at radius 2 is 1.77 bits per heavy atom. The minimum absolute atomic E-state index is 0.0490. The number of nitrogens with zero attached hydrogens (tertiary/aromatic N) is 3. The van der Waals surface area contributed by atoms with Crippen LogP contribution >= 0.6 is 35.3 Å². The Bertz CT molecular complexity index is 2340. The quantitative estimate of drug-likeness (QED) is 0.0259. The number of pyridine rings is 1. The van der Waals surface area contributed by atoms with E-state index in [1.807, 2.05) is 25.4 Å². The summed E-state index contributed by atoms with van der Waals surface area (Å²) in [5, 5.41) is 17.3. The van der Waals surface area contributed by atoms with Gasteiger partial charge in [0.2, 0.25) is 5.91 Å². The number of alkyl halides is 6. The van der Waals surface area contributed by atoms with Crippen molar-refractivity contribution in [1.29, 1.82) is 5.41 Å². The zero-order valence-corrected chi connectivity index (χ0v) is 34.8. The molecule has 8 nitrogen and oxygen atoms in total. The number of amides is 1. The number of allylic oxidation sites excluding steroid dienone is 1. The standard InChI is InChI=1S/C41H40ClF8N7OS2/c1-20(35(51)38(47)48)28-17-29(28)41(49,50)52-18-33(58)54-31(15-21-13-22(43)16-23(44)14-21)36-26(8-5-24(53-36)11-12-40(2,3)59-4)27-9-10-30(42)34-37(27)57(19-32(45)46)55-39(34)56-60-25-6-7-25/h5,8-10,13-14,16,25,28-29,31-32,38,51-52H,1,6-7,15,17-19H2,2-4H3,(H,54,58)(H,55,56). The van der Waals surface area contributed by atoms with Gasteiger partial charge in [0.25, 0.3) is 12.9 Å². The van der Waals surface area contributed by atoms with Crippen LogP contribution in [0, 0.1) is 40.7 Å². The fraction of sp³-hybridized carbons (Fsp3) is 0.415. The van der Waals surface area contributed by atoms with E-state index in [2.05, 4.69) is 33.6 Å². The maximum Gasteiger partial charge on any atom is 0.306 e. The molecule has 0 spiro atoms. The highest BCUT2D eigenvalue weighted by atomic mass is 35.5. The van der Waals surface area contributed by atoms with E-state index in [-0.39, 0.29) is 51.7 Å². The third-order valence-electron chi connectivity index (χ3n) is 10.00. The van der Waals surface area contributed by atoms with Gasteiger partial charge < -0.3 is 10.0 Å². The van der Waals surface area contributed by atoms with E-state index in [9.17, 15) is 31.1 Å². The van der Waals surface area contributed by atoms with Crippen molar-refractivity contribution in [3.05, 3.63) is 88.2 Å². The second-order valence-corrected chi connectivity index (χ2v) is 18.0. The first-order chi connectivity index (χ1) is 28.3. The normalized spacial score (nSPS) is 17.1. The monoisotopic (exact) mass is 897 g/mol. The fourth-order valence-electron chi connectivity index (χ4n) is 6.54. The van der Waals surface area contributed by atoms with Gasteiger partial charge in [-0.3, -0.25) is 14.9 Å². The van der Waals surface area contributed by atoms with Gasteiger partial charge in [0, 0.05) is 28.4 Å². The number of thioether (sulfide) groups is 1. The van der Waals surface area contributed by atoms with Crippen LogP contribution in [0.4, 0.5) is 40.9 Å². The number of carbonyl (C=O) groups is 1. The maximum atomic E-state index is 15.3. The third kappa shape index (κ3) is 10.9. The van der Waals surface area contributed by atoms with Crippen molar-refractivity contribution >= 4 is 63.7 Å². The summed E-state index contributed by atoms with van der Waals surface area (Å²) in [6.07, 6.45) is -2.80. The first-order valence-electron chi connectivity index (χ1n) is 18.7. The van der Waals surface area contributed by atoms with Crippen molar-refractivity contribution in [3.8, 4) is 23.0 Å². The molecule has 0 aliphatic heterocycles. The average molecular weight is 898 g/mol. The second kappa shape index (κ2) is 18.3. The average Bonchev–Trinajstić information content (AvgIpc) is 4.12. The number of anilines is 1. The first kappa shape index (κ1) is 45.2. The number of aromatic nitrogens is 3. The second-order valence-electron chi connectivity index (χ2n) is 15.0. The van der Waals surface area contributed by atoms with Crippen molar-refractivity contribution in [3.63, 3.8) is 0 Å². The highest BCUT2D eigenvalue weighted by Gasteiger charge is 2.56. The first-order valence-corrected chi connectivity index (χ1v) is 21.2. The number of hydrogen-bond acceptors (Lipinski definition) is 8. The lowest BCUT2D eigenvalue weighted by molar-refractivity contribution is -0.125. The molecule has 3 atom stereocenters. The largest absolute Gasteiger partial charge is 0.346 e. The van der Waals surface area contributed by atoms with E-state index < -0.39 is 83.4 Å². The molecule has 19 heteroatoms. The number of benzene rings is 2. The predicted molar refractivity (Wildman–Crippen MR) is 221 cm³/mol. The van der Waals surface area contributed by atoms with Crippen molar-refractivity contribution in [2.24, 2.45) is 11.8 Å². The van der Waals surface area contributed by atoms with E-state index in [0.29, 0.717) is 22.3 Å². The summed E-state index contributed by atoms with van der Waals surface area (Å²) >= 11 is 9.57. The van der Waals surface area contributed by atoms with Crippen LogP contribution in [0.3, 0.4) is 0 Å². The summed E-state index contributed by atoms with van der Waals surface area (Å²) in [6.45, 7) is 5.33. The SMILES string of the molecule is C=C(C(=N)C(F)F)C1CC1C(F)(F)NCC(=O)NC(Cc1cc(F)cc(F)c1)c1nc(C#CC(C)(C)SC)ccc1-c1ccc(Cl)c2c(NSC3CC3)nn(CC(F)F)c12. The van der Waals surface area contributed by atoms with Gasteiger partial charge >= 0.3 is 6.05 Å². The smallest absolute Gasteiger partial charge is 0.306 e. The molecule has 2 heterocycles. The van der Waals surface area contributed by atoms with Crippen molar-refractivity contribution < 1.29 is 39.9 Å². The van der Waals surface area contributed by atoms with Crippen molar-refractivity contribution in [1.82, 2.24) is 25.4 Å². The topological polar surface area (TPSA) is 108 Å². The minimum atomic E-state index is -3.74. The lowest BCUT2D eigenvalue weighted by atomic mass is 9.93. The Kier molecular flexibility index (Phi) is 13.8. The molecule has 4 N–H and O–H groups in total. The van der Waals surface area contributed by atoms with Crippen LogP contribution in [0.2, 0.25) is 5.02 Å². The van der Waals surface area contributed by atoms with Crippen LogP contribution in [0.25, 0.3) is 22.0 Å². The number of carbonyl (C=O) groups excluding carboxylic acids is 1. The lowest BCUT2D eigenvalue weighted by Crippen LogP contribution is -2.46. The Balaban J connectivity index is 1.44. The van der Waals surface area contributed by atoms with E-state index >= 15 is 8.78 Å². The molecule has 0 radical (unpaired) electrons. The van der Waals surface area contributed by atoms with Gasteiger partial charge in [-0.05, 0) is 111 Å². The van der Waals surface area contributed by atoms with Crippen LogP contribution in [0.15, 0.2) is 54.6 Å². The zero-order valence-electron chi connectivity index (χ0n) is 32.4. The number of nitrogens with one attached hydrogen (secondary N) is 4. The van der Waals surface area contributed by atoms with E-state index in [1.165, 1.54) is 23.7 Å². The van der Waals surface area contributed by atoms with Crippen LogP contribution < -0.4 is 15.4 Å². The van der Waals surface area contributed by atoms with Gasteiger partial charge in [-0.25, -0.2) is 36.6 Å². The molecule has 60 heavy (non-hydrogen) atoms. The molecule has 2 saturated carbocycles. The molecular weight excluding hydrogens is 858 g/mol. The Morgan fingerprint density at radius 1 is 1.08 bits per heavy atom. The molecule has 3 unspecified atom stereocenters. The molecule has 1 amide bonds. The molecule has 2 aromatic carbocycles. The molecule has 4 aromatic rings. The van der Waals surface area contributed by atoms with Gasteiger partial charge in [-0.2, -0.15) is 13.9 Å². The summed E-state index contributed by atoms with van der Waals surface area (Å²) in [5.41, 5.74) is -0.511. The van der Waals surface area contributed by atoms with Crippen LogP contribution in [-0.4, -0.2) is 68.1 Å². The fourth-order valence-corrected chi connectivity index (χ4v) is 7.72. The molecule has 2 aliphatic rings. The van der Waals surface area contributed by atoms with Gasteiger partial charge in [-0.15, -0.1) is 11.8 Å². The molecule has 6 rings (SSSR count). The summed E-state index contributed by atoms with van der Waals surface area (Å²) in [5.74, 6) is 0.900. The van der Waals surface area contributed by atoms with E-state index in [4.69, 9.17) is 22.0 Å². The summed E-state index contributed by atoms with van der Waals surface area (Å²) in [4.78, 5) is 18.5. The van der Waals surface area contributed by atoms with Gasteiger partial charge in [0.05, 0.1) is 39.0 Å². The van der Waals surface area contributed by atoms with Crippen molar-refractivity contribution in [2.45, 2.75) is 81.0 Å². The van der Waals surface area contributed by atoms with Crippen LogP contribution in [-0.2, 0) is 17.8 Å². The summed E-state index contributed by atoms with van der Waals surface area (Å²) < 4.78 is 118. The predicted octanol–water partition coefficient (Wildman–Crippen LogP) is 10.1. The maximum absolute atomic E-state index is 15.3. The highest BCUT2D eigenvalue weighted by Crippen LogP contribution is 2.52. The summed E-state index contributed by atoms with van der Waals surface area (Å²) in [6, 6.07) is 3.96. The number of halogens is 9.